The SMILES string of the molecule is CC(CO)(NCC(F)(F)F)c1ccccc1Br. The minimum absolute atomic E-state index is 0.425. The minimum atomic E-state index is -4.31. The number of hydrogen-bond donors (Lipinski definition) is 2. The minimum Gasteiger partial charge on any atom is -0.394 e. The first-order valence-corrected chi connectivity index (χ1v) is 5.75. The van der Waals surface area contributed by atoms with Gasteiger partial charge in [0.25, 0.3) is 0 Å². The van der Waals surface area contributed by atoms with Crippen molar-refractivity contribution in [1.82, 2.24) is 5.32 Å². The zero-order valence-electron chi connectivity index (χ0n) is 9.18. The summed E-state index contributed by atoms with van der Waals surface area (Å²) in [6.45, 7) is -0.0457. The van der Waals surface area contributed by atoms with E-state index in [0.29, 0.717) is 10.0 Å². The maximum atomic E-state index is 12.2. The van der Waals surface area contributed by atoms with E-state index >= 15 is 0 Å². The number of hydrogen-bond acceptors (Lipinski definition) is 2. The van der Waals surface area contributed by atoms with Crippen molar-refractivity contribution in [2.75, 3.05) is 13.2 Å². The number of aliphatic hydroxyl groups is 1. The molecule has 1 aromatic rings. The van der Waals surface area contributed by atoms with Crippen LogP contribution in [0.5, 0.6) is 0 Å². The molecule has 0 aromatic heterocycles. The average Bonchev–Trinajstić information content (AvgIpc) is 2.26. The van der Waals surface area contributed by atoms with E-state index in [0.717, 1.165) is 0 Å². The van der Waals surface area contributed by atoms with Crippen LogP contribution in [0.4, 0.5) is 13.2 Å². The van der Waals surface area contributed by atoms with Gasteiger partial charge in [-0.15, -0.1) is 0 Å². The van der Waals surface area contributed by atoms with Crippen molar-refractivity contribution >= 4 is 15.9 Å². The Balaban J connectivity index is 2.93. The molecular formula is C11H13BrF3NO. The van der Waals surface area contributed by atoms with E-state index < -0.39 is 24.9 Å². The lowest BCUT2D eigenvalue weighted by atomic mass is 9.93. The summed E-state index contributed by atoms with van der Waals surface area (Å²) in [7, 11) is 0. The van der Waals surface area contributed by atoms with Crippen LogP contribution in [-0.2, 0) is 5.54 Å². The Morgan fingerprint density at radius 2 is 1.88 bits per heavy atom. The Hall–Kier alpha value is -0.590. The number of benzene rings is 1. The van der Waals surface area contributed by atoms with Gasteiger partial charge in [-0.05, 0) is 18.6 Å². The van der Waals surface area contributed by atoms with Crippen LogP contribution >= 0.6 is 15.9 Å². The quantitative estimate of drug-likeness (QED) is 0.896. The summed E-state index contributed by atoms with van der Waals surface area (Å²) in [5.41, 5.74) is -0.540. The molecule has 0 amide bonds. The molecule has 1 atom stereocenters. The molecule has 2 N–H and O–H groups in total. The molecule has 1 unspecified atom stereocenters. The number of rotatable bonds is 4. The predicted octanol–water partition coefficient (Wildman–Crippen LogP) is 2.81. The average molecular weight is 312 g/mol. The van der Waals surface area contributed by atoms with Crippen molar-refractivity contribution in [2.24, 2.45) is 0 Å². The molecule has 6 heteroatoms. The lowest BCUT2D eigenvalue weighted by Crippen LogP contribution is -2.47. The molecule has 0 fully saturated rings. The van der Waals surface area contributed by atoms with Gasteiger partial charge in [0, 0.05) is 4.47 Å². The molecule has 0 aliphatic carbocycles. The first kappa shape index (κ1) is 14.5. The van der Waals surface area contributed by atoms with E-state index in [-0.39, 0.29) is 0 Å². The van der Waals surface area contributed by atoms with Crippen molar-refractivity contribution in [3.05, 3.63) is 34.3 Å². The topological polar surface area (TPSA) is 32.3 Å². The van der Waals surface area contributed by atoms with E-state index in [1.807, 2.05) is 0 Å². The summed E-state index contributed by atoms with van der Waals surface area (Å²) in [6.07, 6.45) is -4.31. The number of halogens is 4. The van der Waals surface area contributed by atoms with Crippen LogP contribution < -0.4 is 5.32 Å². The molecular weight excluding hydrogens is 299 g/mol. The van der Waals surface area contributed by atoms with Crippen molar-refractivity contribution in [3.8, 4) is 0 Å². The van der Waals surface area contributed by atoms with E-state index in [1.54, 1.807) is 24.3 Å². The Kier molecular flexibility index (Phi) is 4.57. The third-order valence-corrected chi connectivity index (χ3v) is 3.16. The summed E-state index contributed by atoms with van der Waals surface area (Å²) in [5, 5.41) is 11.6. The van der Waals surface area contributed by atoms with Crippen LogP contribution in [0.15, 0.2) is 28.7 Å². The molecule has 17 heavy (non-hydrogen) atoms. The highest BCUT2D eigenvalue weighted by atomic mass is 79.9. The van der Waals surface area contributed by atoms with Crippen LogP contribution in [0, 0.1) is 0 Å². The highest BCUT2D eigenvalue weighted by molar-refractivity contribution is 9.10. The second-order valence-electron chi connectivity index (χ2n) is 3.94. The summed E-state index contributed by atoms with van der Waals surface area (Å²) in [4.78, 5) is 0. The van der Waals surface area contributed by atoms with Gasteiger partial charge >= 0.3 is 6.18 Å². The standard InChI is InChI=1S/C11H13BrF3NO/c1-10(7-17,16-6-11(13,14)15)8-4-2-3-5-9(8)12/h2-5,16-17H,6-7H2,1H3. The molecule has 2 nitrogen and oxygen atoms in total. The third-order valence-electron chi connectivity index (χ3n) is 2.46. The normalized spacial score (nSPS) is 15.6. The summed E-state index contributed by atoms with van der Waals surface area (Å²) >= 11 is 3.26. The lowest BCUT2D eigenvalue weighted by Gasteiger charge is -2.30. The van der Waals surface area contributed by atoms with Gasteiger partial charge in [-0.25, -0.2) is 0 Å². The number of nitrogens with one attached hydrogen (secondary N) is 1. The fraction of sp³-hybridized carbons (Fsp3) is 0.455. The zero-order chi connectivity index (χ0) is 13.1. The number of alkyl halides is 3. The molecule has 0 saturated heterocycles. The maximum absolute atomic E-state index is 12.2. The Morgan fingerprint density at radius 1 is 1.29 bits per heavy atom. The molecule has 0 aliphatic heterocycles. The van der Waals surface area contributed by atoms with Crippen LogP contribution in [-0.4, -0.2) is 24.4 Å². The Labute approximate surface area is 106 Å². The largest absolute Gasteiger partial charge is 0.401 e. The van der Waals surface area contributed by atoms with E-state index in [4.69, 9.17) is 0 Å². The van der Waals surface area contributed by atoms with Gasteiger partial charge < -0.3 is 5.11 Å². The van der Waals surface area contributed by atoms with Gasteiger partial charge in [-0.1, -0.05) is 34.1 Å². The molecule has 1 rings (SSSR count). The van der Waals surface area contributed by atoms with Gasteiger partial charge in [0.15, 0.2) is 0 Å². The van der Waals surface area contributed by atoms with Crippen LogP contribution in [0.25, 0.3) is 0 Å². The third kappa shape index (κ3) is 3.97. The van der Waals surface area contributed by atoms with E-state index in [9.17, 15) is 18.3 Å². The molecule has 0 radical (unpaired) electrons. The molecule has 0 heterocycles. The van der Waals surface area contributed by atoms with Crippen molar-refractivity contribution in [1.29, 1.82) is 0 Å². The van der Waals surface area contributed by atoms with E-state index in [1.165, 1.54) is 6.92 Å². The highest BCUT2D eigenvalue weighted by Gasteiger charge is 2.34. The molecule has 0 aliphatic rings. The molecule has 1 aromatic carbocycles. The van der Waals surface area contributed by atoms with Crippen molar-refractivity contribution in [3.63, 3.8) is 0 Å². The summed E-state index contributed by atoms with van der Waals surface area (Å²) in [5.74, 6) is 0. The van der Waals surface area contributed by atoms with Gasteiger partial charge in [0.1, 0.15) is 0 Å². The molecule has 0 saturated carbocycles. The fourth-order valence-corrected chi connectivity index (χ4v) is 2.16. The smallest absolute Gasteiger partial charge is 0.394 e. The second kappa shape index (κ2) is 5.37. The van der Waals surface area contributed by atoms with Gasteiger partial charge in [0.05, 0.1) is 18.7 Å². The highest BCUT2D eigenvalue weighted by Crippen LogP contribution is 2.28. The summed E-state index contributed by atoms with van der Waals surface area (Å²) < 4.78 is 37.2. The molecule has 96 valence electrons. The number of aliphatic hydroxyl groups excluding tert-OH is 1. The van der Waals surface area contributed by atoms with Gasteiger partial charge in [-0.3, -0.25) is 5.32 Å². The zero-order valence-corrected chi connectivity index (χ0v) is 10.8. The Morgan fingerprint density at radius 3 is 2.35 bits per heavy atom. The lowest BCUT2D eigenvalue weighted by molar-refractivity contribution is -0.129. The summed E-state index contributed by atoms with van der Waals surface area (Å²) in [6, 6.07) is 6.86. The predicted molar refractivity (Wildman–Crippen MR) is 62.6 cm³/mol. The van der Waals surface area contributed by atoms with Crippen molar-refractivity contribution in [2.45, 2.75) is 18.6 Å². The molecule has 0 spiro atoms. The fourth-order valence-electron chi connectivity index (χ4n) is 1.44. The first-order valence-electron chi connectivity index (χ1n) is 4.96. The van der Waals surface area contributed by atoms with Crippen molar-refractivity contribution < 1.29 is 18.3 Å². The van der Waals surface area contributed by atoms with Gasteiger partial charge in [0.2, 0.25) is 0 Å². The van der Waals surface area contributed by atoms with Crippen LogP contribution in [0.3, 0.4) is 0 Å². The first-order chi connectivity index (χ1) is 7.78. The molecule has 0 bridgehead atoms. The maximum Gasteiger partial charge on any atom is 0.401 e. The Bertz CT molecular complexity index is 383. The van der Waals surface area contributed by atoms with Gasteiger partial charge in [-0.2, -0.15) is 13.2 Å². The van der Waals surface area contributed by atoms with Crippen LogP contribution in [0.2, 0.25) is 0 Å². The van der Waals surface area contributed by atoms with Crippen LogP contribution in [0.1, 0.15) is 12.5 Å². The monoisotopic (exact) mass is 311 g/mol. The van der Waals surface area contributed by atoms with E-state index in [2.05, 4.69) is 21.2 Å². The second-order valence-corrected chi connectivity index (χ2v) is 4.79.